The van der Waals surface area contributed by atoms with Crippen molar-refractivity contribution in [1.82, 2.24) is 0 Å². The van der Waals surface area contributed by atoms with Crippen LogP contribution in [-0.2, 0) is 6.42 Å². The van der Waals surface area contributed by atoms with Gasteiger partial charge < -0.3 is 0 Å². The van der Waals surface area contributed by atoms with Gasteiger partial charge in [0.2, 0.25) is 0 Å². The highest BCUT2D eigenvalue weighted by atomic mass is 28.3. The fraction of sp³-hybridized carbons (Fsp3) is 0.538. The normalized spacial score (nSPS) is 10.9. The average Bonchev–Trinajstić information content (AvgIpc) is 2.23. The van der Waals surface area contributed by atoms with Crippen molar-refractivity contribution in [2.75, 3.05) is 0 Å². The van der Waals surface area contributed by atoms with Gasteiger partial charge in [-0.3, -0.25) is 0 Å². The summed E-state index contributed by atoms with van der Waals surface area (Å²) in [7, 11) is -0.621. The molecule has 0 aromatic heterocycles. The van der Waals surface area contributed by atoms with Crippen LogP contribution >= 0.6 is 0 Å². The Morgan fingerprint density at radius 2 is 1.64 bits per heavy atom. The summed E-state index contributed by atoms with van der Waals surface area (Å²) in [5.74, 6) is 0. The van der Waals surface area contributed by atoms with Gasteiger partial charge in [-0.1, -0.05) is 68.7 Å². The highest BCUT2D eigenvalue weighted by Crippen LogP contribution is 2.06. The molecular weight excluding hydrogens is 184 g/mol. The molecule has 0 heterocycles. The summed E-state index contributed by atoms with van der Waals surface area (Å²) in [6.45, 7) is 6.97. The van der Waals surface area contributed by atoms with Gasteiger partial charge in [-0.25, -0.2) is 0 Å². The SMILES string of the molecule is CCCc1ccccc1[SiH](CC)CC. The first-order valence-electron chi connectivity index (χ1n) is 5.91. The van der Waals surface area contributed by atoms with E-state index in [1.165, 1.54) is 24.9 Å². The molecule has 0 aliphatic carbocycles. The first-order valence-corrected chi connectivity index (χ1v) is 8.12. The fourth-order valence-electron chi connectivity index (χ4n) is 2.16. The second kappa shape index (κ2) is 6.02. The molecule has 0 atom stereocenters. The monoisotopic (exact) mass is 206 g/mol. The van der Waals surface area contributed by atoms with E-state index in [-0.39, 0.29) is 0 Å². The van der Waals surface area contributed by atoms with Crippen molar-refractivity contribution in [3.05, 3.63) is 29.8 Å². The zero-order chi connectivity index (χ0) is 10.4. The lowest BCUT2D eigenvalue weighted by molar-refractivity contribution is 0.926. The van der Waals surface area contributed by atoms with E-state index >= 15 is 0 Å². The summed E-state index contributed by atoms with van der Waals surface area (Å²) in [6.07, 6.45) is 2.53. The molecule has 0 amide bonds. The van der Waals surface area contributed by atoms with Crippen molar-refractivity contribution in [1.29, 1.82) is 0 Å². The third-order valence-corrected chi connectivity index (χ3v) is 6.41. The summed E-state index contributed by atoms with van der Waals surface area (Å²) in [4.78, 5) is 0. The summed E-state index contributed by atoms with van der Waals surface area (Å²) in [5, 5.41) is 1.72. The van der Waals surface area contributed by atoms with Crippen LogP contribution in [-0.4, -0.2) is 8.80 Å². The highest BCUT2D eigenvalue weighted by molar-refractivity contribution is 6.73. The number of benzene rings is 1. The quantitative estimate of drug-likeness (QED) is 0.649. The Hall–Kier alpha value is -0.563. The maximum atomic E-state index is 2.37. The zero-order valence-electron chi connectivity index (χ0n) is 9.72. The molecule has 1 rings (SSSR count). The first kappa shape index (κ1) is 11.5. The van der Waals surface area contributed by atoms with E-state index in [4.69, 9.17) is 0 Å². The molecule has 0 saturated carbocycles. The van der Waals surface area contributed by atoms with Gasteiger partial charge in [0, 0.05) is 0 Å². The van der Waals surface area contributed by atoms with Gasteiger partial charge in [-0.05, 0) is 12.0 Å². The standard InChI is InChI=1S/C13H22Si/c1-4-9-12-10-7-8-11-13(12)14(5-2)6-3/h7-8,10-11,14H,4-6,9H2,1-3H3. The Labute approximate surface area is 90.0 Å². The van der Waals surface area contributed by atoms with Crippen molar-refractivity contribution >= 4 is 14.0 Å². The van der Waals surface area contributed by atoms with E-state index < -0.39 is 8.80 Å². The smallest absolute Gasteiger partial charge is 0.0677 e. The lowest BCUT2D eigenvalue weighted by Gasteiger charge is -2.15. The Balaban J connectivity index is 2.92. The number of aryl methyl sites for hydroxylation is 1. The van der Waals surface area contributed by atoms with Crippen LogP contribution in [0.15, 0.2) is 24.3 Å². The van der Waals surface area contributed by atoms with Crippen LogP contribution in [0.3, 0.4) is 0 Å². The Morgan fingerprint density at radius 1 is 1.00 bits per heavy atom. The molecule has 1 heteroatoms. The van der Waals surface area contributed by atoms with Crippen LogP contribution in [0.2, 0.25) is 12.1 Å². The lowest BCUT2D eigenvalue weighted by Crippen LogP contribution is -2.31. The second-order valence-electron chi connectivity index (χ2n) is 3.96. The number of hydrogen-bond donors (Lipinski definition) is 0. The van der Waals surface area contributed by atoms with E-state index in [1.807, 2.05) is 0 Å². The molecule has 0 radical (unpaired) electrons. The van der Waals surface area contributed by atoms with Crippen LogP contribution < -0.4 is 5.19 Å². The molecule has 0 aliphatic heterocycles. The third kappa shape index (κ3) is 2.71. The molecule has 1 aromatic carbocycles. The molecule has 0 aliphatic rings. The molecule has 0 nitrogen and oxygen atoms in total. The van der Waals surface area contributed by atoms with Gasteiger partial charge in [0.15, 0.2) is 0 Å². The molecule has 0 unspecified atom stereocenters. The zero-order valence-corrected chi connectivity index (χ0v) is 10.9. The summed E-state index contributed by atoms with van der Waals surface area (Å²) in [6, 6.07) is 11.9. The number of rotatable bonds is 5. The van der Waals surface area contributed by atoms with Crippen molar-refractivity contribution in [3.8, 4) is 0 Å². The third-order valence-electron chi connectivity index (χ3n) is 3.00. The number of hydrogen-bond acceptors (Lipinski definition) is 0. The van der Waals surface area contributed by atoms with E-state index in [9.17, 15) is 0 Å². The maximum absolute atomic E-state index is 2.37. The Kier molecular flexibility index (Phi) is 4.95. The van der Waals surface area contributed by atoms with Gasteiger partial charge in [0.05, 0.1) is 8.80 Å². The summed E-state index contributed by atoms with van der Waals surface area (Å²) >= 11 is 0. The molecule has 14 heavy (non-hydrogen) atoms. The van der Waals surface area contributed by atoms with Crippen molar-refractivity contribution in [2.45, 2.75) is 45.7 Å². The molecule has 78 valence electrons. The van der Waals surface area contributed by atoms with E-state index in [2.05, 4.69) is 45.0 Å². The molecule has 1 aromatic rings. The van der Waals surface area contributed by atoms with Crippen molar-refractivity contribution < 1.29 is 0 Å². The summed E-state index contributed by atoms with van der Waals surface area (Å²) < 4.78 is 0. The summed E-state index contributed by atoms with van der Waals surface area (Å²) in [5.41, 5.74) is 1.62. The largest absolute Gasteiger partial charge is 0.0706 e. The van der Waals surface area contributed by atoms with Crippen molar-refractivity contribution in [3.63, 3.8) is 0 Å². The van der Waals surface area contributed by atoms with Gasteiger partial charge in [0.1, 0.15) is 0 Å². The topological polar surface area (TPSA) is 0 Å². The van der Waals surface area contributed by atoms with Gasteiger partial charge in [-0.2, -0.15) is 0 Å². The van der Waals surface area contributed by atoms with Gasteiger partial charge in [0.25, 0.3) is 0 Å². The van der Waals surface area contributed by atoms with E-state index in [0.29, 0.717) is 0 Å². The lowest BCUT2D eigenvalue weighted by atomic mass is 10.1. The average molecular weight is 206 g/mol. The van der Waals surface area contributed by atoms with Gasteiger partial charge in [-0.15, -0.1) is 0 Å². The fourth-order valence-corrected chi connectivity index (χ4v) is 4.76. The molecule has 0 saturated heterocycles. The Bertz CT molecular complexity index is 264. The minimum atomic E-state index is -0.621. The predicted octanol–water partition coefficient (Wildman–Crippen LogP) is 3.11. The molecule has 0 bridgehead atoms. The highest BCUT2D eigenvalue weighted by Gasteiger charge is 2.11. The molecule has 0 fully saturated rings. The van der Waals surface area contributed by atoms with Crippen LogP contribution in [0, 0.1) is 0 Å². The molecule has 0 N–H and O–H groups in total. The maximum Gasteiger partial charge on any atom is 0.0706 e. The molecule has 0 spiro atoms. The van der Waals surface area contributed by atoms with E-state index in [0.717, 1.165) is 0 Å². The van der Waals surface area contributed by atoms with Crippen LogP contribution in [0.5, 0.6) is 0 Å². The van der Waals surface area contributed by atoms with E-state index in [1.54, 1.807) is 10.8 Å². The van der Waals surface area contributed by atoms with Crippen LogP contribution in [0.1, 0.15) is 32.8 Å². The van der Waals surface area contributed by atoms with Crippen LogP contribution in [0.4, 0.5) is 0 Å². The van der Waals surface area contributed by atoms with Crippen molar-refractivity contribution in [2.24, 2.45) is 0 Å². The minimum absolute atomic E-state index is 0.621. The second-order valence-corrected chi connectivity index (χ2v) is 7.61. The van der Waals surface area contributed by atoms with Crippen LogP contribution in [0.25, 0.3) is 0 Å². The minimum Gasteiger partial charge on any atom is -0.0677 e. The molecular formula is C13H22Si. The Morgan fingerprint density at radius 3 is 2.21 bits per heavy atom. The predicted molar refractivity (Wildman–Crippen MR) is 68.2 cm³/mol. The first-order chi connectivity index (χ1) is 6.83. The van der Waals surface area contributed by atoms with Gasteiger partial charge >= 0.3 is 0 Å².